The number of aromatic carboxylic acids is 1. The minimum Gasteiger partial charge on any atom is -0.477 e. The molecule has 2 rings (SSSR count). The highest BCUT2D eigenvalue weighted by atomic mass is 16.4. The van der Waals surface area contributed by atoms with Crippen molar-refractivity contribution < 1.29 is 9.90 Å². The molecule has 0 aliphatic heterocycles. The third-order valence-corrected chi connectivity index (χ3v) is 1.84. The quantitative estimate of drug-likeness (QED) is 0.678. The first kappa shape index (κ1) is 8.49. The third-order valence-electron chi connectivity index (χ3n) is 1.84. The lowest BCUT2D eigenvalue weighted by atomic mass is 10.3. The van der Waals surface area contributed by atoms with Gasteiger partial charge in [-0.15, -0.1) is 5.10 Å². The number of nitrogens with zero attached hydrogens (tertiary/aromatic N) is 3. The summed E-state index contributed by atoms with van der Waals surface area (Å²) in [6, 6.07) is 2.97. The molecule has 0 aliphatic carbocycles. The molecule has 0 spiro atoms. The van der Waals surface area contributed by atoms with E-state index in [-0.39, 0.29) is 5.69 Å². The largest absolute Gasteiger partial charge is 0.477 e. The van der Waals surface area contributed by atoms with Crippen LogP contribution in [-0.2, 0) is 0 Å². The van der Waals surface area contributed by atoms with Crippen LogP contribution in [0.1, 0.15) is 16.2 Å². The van der Waals surface area contributed by atoms with Gasteiger partial charge >= 0.3 is 5.97 Å². The van der Waals surface area contributed by atoms with E-state index in [1.807, 2.05) is 0 Å². The molecule has 3 N–H and O–H groups in total. The highest BCUT2D eigenvalue weighted by Gasteiger charge is 2.09. The Morgan fingerprint density at radius 1 is 1.57 bits per heavy atom. The van der Waals surface area contributed by atoms with Gasteiger partial charge in [0.2, 0.25) is 0 Å². The zero-order chi connectivity index (χ0) is 10.3. The fraction of sp³-hybridized carbons (Fsp3) is 0.125. The number of carbonyl (C=O) groups is 1. The smallest absolute Gasteiger partial charge is 0.354 e. The summed E-state index contributed by atoms with van der Waals surface area (Å²) in [6.07, 6.45) is 0. The van der Waals surface area contributed by atoms with Crippen LogP contribution in [-0.4, -0.2) is 25.7 Å². The van der Waals surface area contributed by atoms with Crippen LogP contribution >= 0.6 is 0 Å². The summed E-state index contributed by atoms with van der Waals surface area (Å²) in [7, 11) is 0. The second-order valence-corrected chi connectivity index (χ2v) is 2.93. The van der Waals surface area contributed by atoms with Crippen LogP contribution in [0.4, 0.5) is 5.82 Å². The lowest BCUT2D eigenvalue weighted by Crippen LogP contribution is -2.05. The van der Waals surface area contributed by atoms with Crippen molar-refractivity contribution in [3.05, 3.63) is 23.5 Å². The predicted octanol–water partition coefficient (Wildman–Crippen LogP) is 0.318. The molecule has 0 amide bonds. The highest BCUT2D eigenvalue weighted by Crippen LogP contribution is 2.09. The number of aromatic nitrogens is 3. The molecule has 0 saturated heterocycles. The Morgan fingerprint density at radius 2 is 2.29 bits per heavy atom. The number of carboxylic acids is 1. The van der Waals surface area contributed by atoms with E-state index in [1.165, 1.54) is 16.6 Å². The molecular formula is C8H8N4O2. The van der Waals surface area contributed by atoms with Crippen molar-refractivity contribution in [2.45, 2.75) is 6.92 Å². The Hall–Kier alpha value is -2.11. The van der Waals surface area contributed by atoms with E-state index in [9.17, 15) is 4.79 Å². The monoisotopic (exact) mass is 192 g/mol. The van der Waals surface area contributed by atoms with Gasteiger partial charge in [-0.3, -0.25) is 0 Å². The standard InChI is InChI=1S/C8H8N4O2/c1-4-2-5(8(13)14)10-7-3-6(9)11-12(4)7/h2-3H,1H3,(H2,9,11)(H,13,14). The molecule has 2 aromatic rings. The Bertz CT molecular complexity index is 517. The topological polar surface area (TPSA) is 93.5 Å². The molecule has 0 aliphatic rings. The van der Waals surface area contributed by atoms with Gasteiger partial charge in [-0.25, -0.2) is 14.3 Å². The van der Waals surface area contributed by atoms with Gasteiger partial charge in [0.25, 0.3) is 0 Å². The fourth-order valence-electron chi connectivity index (χ4n) is 1.25. The summed E-state index contributed by atoms with van der Waals surface area (Å²) in [5.74, 6) is -0.737. The van der Waals surface area contributed by atoms with E-state index in [1.54, 1.807) is 6.92 Å². The number of carboxylic acid groups (broad SMARTS) is 1. The summed E-state index contributed by atoms with van der Waals surface area (Å²) in [5.41, 5.74) is 6.59. The molecule has 0 fully saturated rings. The van der Waals surface area contributed by atoms with Gasteiger partial charge in [0, 0.05) is 11.8 Å². The first-order chi connectivity index (χ1) is 6.58. The van der Waals surface area contributed by atoms with Crippen molar-refractivity contribution in [3.8, 4) is 0 Å². The summed E-state index contributed by atoms with van der Waals surface area (Å²) >= 11 is 0. The first-order valence-corrected chi connectivity index (χ1v) is 3.94. The van der Waals surface area contributed by atoms with Crippen molar-refractivity contribution in [3.63, 3.8) is 0 Å². The number of anilines is 1. The molecule has 6 heteroatoms. The van der Waals surface area contributed by atoms with Crippen molar-refractivity contribution in [1.29, 1.82) is 0 Å². The second kappa shape index (κ2) is 2.69. The van der Waals surface area contributed by atoms with Gasteiger partial charge in [-0.1, -0.05) is 0 Å². The summed E-state index contributed by atoms with van der Waals surface area (Å²) < 4.78 is 1.50. The molecule has 6 nitrogen and oxygen atoms in total. The van der Waals surface area contributed by atoms with E-state index in [2.05, 4.69) is 10.1 Å². The normalized spacial score (nSPS) is 10.6. The Balaban J connectivity index is 2.77. The van der Waals surface area contributed by atoms with Crippen molar-refractivity contribution >= 4 is 17.4 Å². The predicted molar refractivity (Wildman–Crippen MR) is 49.1 cm³/mol. The molecule has 0 unspecified atom stereocenters. The maximum atomic E-state index is 10.7. The molecule has 72 valence electrons. The molecule has 0 aromatic carbocycles. The van der Waals surface area contributed by atoms with Gasteiger partial charge in [0.1, 0.15) is 5.82 Å². The Morgan fingerprint density at radius 3 is 2.93 bits per heavy atom. The van der Waals surface area contributed by atoms with E-state index < -0.39 is 5.97 Å². The minimum atomic E-state index is -1.06. The summed E-state index contributed by atoms with van der Waals surface area (Å²) in [5, 5.41) is 12.7. The average molecular weight is 192 g/mol. The molecule has 0 atom stereocenters. The lowest BCUT2D eigenvalue weighted by molar-refractivity contribution is 0.0690. The molecule has 0 radical (unpaired) electrons. The van der Waals surface area contributed by atoms with Gasteiger partial charge < -0.3 is 10.8 Å². The van der Waals surface area contributed by atoms with Crippen LogP contribution in [0.2, 0.25) is 0 Å². The molecule has 14 heavy (non-hydrogen) atoms. The second-order valence-electron chi connectivity index (χ2n) is 2.93. The Kier molecular flexibility index (Phi) is 1.63. The average Bonchev–Trinajstić information content (AvgIpc) is 2.45. The SMILES string of the molecule is Cc1cc(C(=O)O)nc2cc(N)nn12. The lowest BCUT2D eigenvalue weighted by Gasteiger charge is -1.99. The van der Waals surface area contributed by atoms with Crippen LogP contribution < -0.4 is 5.73 Å². The third kappa shape index (κ3) is 1.17. The summed E-state index contributed by atoms with van der Waals surface area (Å²) in [4.78, 5) is 14.6. The number of hydrogen-bond acceptors (Lipinski definition) is 4. The zero-order valence-electron chi connectivity index (χ0n) is 7.43. The molecule has 0 bridgehead atoms. The minimum absolute atomic E-state index is 0.00472. The molecule has 2 aromatic heterocycles. The summed E-state index contributed by atoms with van der Waals surface area (Å²) in [6.45, 7) is 1.74. The molecule has 0 saturated carbocycles. The number of hydrogen-bond donors (Lipinski definition) is 2. The number of fused-ring (bicyclic) bond motifs is 1. The van der Waals surface area contributed by atoms with Crippen molar-refractivity contribution in [2.75, 3.05) is 5.73 Å². The van der Waals surface area contributed by atoms with E-state index in [4.69, 9.17) is 10.8 Å². The molecular weight excluding hydrogens is 184 g/mol. The van der Waals surface area contributed by atoms with Crippen LogP contribution in [0.15, 0.2) is 12.1 Å². The highest BCUT2D eigenvalue weighted by molar-refractivity contribution is 5.86. The Labute approximate surface area is 79.0 Å². The number of nitrogen functional groups attached to an aromatic ring is 1. The molecule has 2 heterocycles. The van der Waals surface area contributed by atoms with Crippen LogP contribution in [0.25, 0.3) is 5.65 Å². The van der Waals surface area contributed by atoms with Gasteiger partial charge in [0.15, 0.2) is 11.3 Å². The maximum absolute atomic E-state index is 10.7. The zero-order valence-corrected chi connectivity index (χ0v) is 7.43. The fourth-order valence-corrected chi connectivity index (χ4v) is 1.25. The van der Waals surface area contributed by atoms with Crippen molar-refractivity contribution in [2.24, 2.45) is 0 Å². The van der Waals surface area contributed by atoms with Crippen LogP contribution in [0.5, 0.6) is 0 Å². The number of aryl methyl sites for hydroxylation is 1. The first-order valence-electron chi connectivity index (χ1n) is 3.94. The number of nitrogens with two attached hydrogens (primary N) is 1. The van der Waals surface area contributed by atoms with Crippen molar-refractivity contribution in [1.82, 2.24) is 14.6 Å². The van der Waals surface area contributed by atoms with Crippen LogP contribution in [0.3, 0.4) is 0 Å². The maximum Gasteiger partial charge on any atom is 0.354 e. The van der Waals surface area contributed by atoms with Gasteiger partial charge in [-0.2, -0.15) is 0 Å². The van der Waals surface area contributed by atoms with E-state index in [0.29, 0.717) is 17.2 Å². The van der Waals surface area contributed by atoms with Gasteiger partial charge in [0.05, 0.1) is 0 Å². The number of rotatable bonds is 1. The van der Waals surface area contributed by atoms with E-state index >= 15 is 0 Å². The van der Waals surface area contributed by atoms with Crippen LogP contribution in [0, 0.1) is 6.92 Å². The van der Waals surface area contributed by atoms with Gasteiger partial charge in [-0.05, 0) is 13.0 Å². The van der Waals surface area contributed by atoms with E-state index in [0.717, 1.165) is 0 Å².